The van der Waals surface area contributed by atoms with Crippen LogP contribution >= 0.6 is 0 Å². The van der Waals surface area contributed by atoms with Crippen molar-refractivity contribution in [3.8, 4) is 0 Å². The molecule has 7 heteroatoms. The van der Waals surface area contributed by atoms with Gasteiger partial charge in [-0.15, -0.1) is 0 Å². The average Bonchev–Trinajstić information content (AvgIpc) is 3.28. The summed E-state index contributed by atoms with van der Waals surface area (Å²) in [6, 6.07) is 12.4. The highest BCUT2D eigenvalue weighted by atomic mass is 16.5. The topological polar surface area (TPSA) is 72.3 Å². The number of likely N-dealkylation sites (tertiary alicyclic amines) is 1. The lowest BCUT2D eigenvalue weighted by Crippen LogP contribution is -2.53. The molecular weight excluding hydrogens is 402 g/mol. The molecule has 1 N–H and O–H groups in total. The molecule has 1 saturated heterocycles. The van der Waals surface area contributed by atoms with Crippen molar-refractivity contribution in [1.82, 2.24) is 19.4 Å². The molecule has 0 saturated carbocycles. The first-order valence-electron chi connectivity index (χ1n) is 11.2. The van der Waals surface area contributed by atoms with Crippen LogP contribution in [0, 0.1) is 13.8 Å². The average molecular weight is 432 g/mol. The van der Waals surface area contributed by atoms with Crippen LogP contribution in [0.15, 0.2) is 55.0 Å². The molecule has 0 radical (unpaired) electrons. The number of carbonyl (C=O) groups excluding carboxylic acids is 1. The fraction of sp³-hybridized carbons (Fsp3) is 0.400. The number of imidazole rings is 1. The third-order valence-electron chi connectivity index (χ3n) is 6.60. The number of hydrogen-bond acceptors (Lipinski definition) is 5. The van der Waals surface area contributed by atoms with Crippen molar-refractivity contribution in [2.75, 3.05) is 18.4 Å². The Kier molecular flexibility index (Phi) is 5.53. The van der Waals surface area contributed by atoms with Crippen LogP contribution in [0.4, 0.5) is 5.69 Å². The molecule has 1 aromatic carbocycles. The second kappa shape index (κ2) is 8.48. The van der Waals surface area contributed by atoms with Crippen LogP contribution in [0.2, 0.25) is 0 Å². The Bertz CT molecular complexity index is 1100. The van der Waals surface area contributed by atoms with Crippen molar-refractivity contribution in [1.29, 1.82) is 0 Å². The Morgan fingerprint density at radius 2 is 1.91 bits per heavy atom. The van der Waals surface area contributed by atoms with E-state index in [0.717, 1.165) is 49.7 Å². The molecule has 166 valence electrons. The molecule has 1 amide bonds. The molecule has 7 nitrogen and oxygen atoms in total. The van der Waals surface area contributed by atoms with Crippen LogP contribution in [-0.4, -0.2) is 44.5 Å². The summed E-state index contributed by atoms with van der Waals surface area (Å²) in [7, 11) is 0. The van der Waals surface area contributed by atoms with Crippen molar-refractivity contribution in [2.45, 2.75) is 51.5 Å². The highest BCUT2D eigenvalue weighted by molar-refractivity contribution is 5.94. The minimum atomic E-state index is -0.569. The van der Waals surface area contributed by atoms with Crippen LogP contribution in [0.5, 0.6) is 0 Å². The Hall–Kier alpha value is -3.03. The number of fused-ring (bicyclic) bond motifs is 2. The van der Waals surface area contributed by atoms with Crippen molar-refractivity contribution >= 4 is 11.6 Å². The van der Waals surface area contributed by atoms with Gasteiger partial charge in [-0.1, -0.05) is 29.8 Å². The van der Waals surface area contributed by atoms with Crippen LogP contribution in [0.3, 0.4) is 0 Å². The zero-order valence-electron chi connectivity index (χ0n) is 18.6. The molecule has 0 bridgehead atoms. The number of nitrogens with zero attached hydrogens (tertiary/aromatic N) is 4. The molecule has 2 aliphatic heterocycles. The lowest BCUT2D eigenvalue weighted by Gasteiger charge is -2.45. The number of piperidine rings is 1. The minimum absolute atomic E-state index is 0.137. The molecule has 1 spiro atoms. The highest BCUT2D eigenvalue weighted by Crippen LogP contribution is 2.40. The molecule has 3 aromatic rings. The van der Waals surface area contributed by atoms with Crippen molar-refractivity contribution < 1.29 is 9.53 Å². The maximum atomic E-state index is 13.1. The van der Waals surface area contributed by atoms with E-state index in [1.165, 1.54) is 11.1 Å². The first kappa shape index (κ1) is 20.8. The molecule has 2 aliphatic rings. The van der Waals surface area contributed by atoms with E-state index in [-0.39, 0.29) is 5.91 Å². The molecule has 1 fully saturated rings. The van der Waals surface area contributed by atoms with Gasteiger partial charge in [0.15, 0.2) is 6.10 Å². The predicted molar refractivity (Wildman–Crippen MR) is 122 cm³/mol. The van der Waals surface area contributed by atoms with Gasteiger partial charge in [0, 0.05) is 38.2 Å². The number of anilines is 1. The lowest BCUT2D eigenvalue weighted by atomic mass is 9.88. The van der Waals surface area contributed by atoms with Crippen LogP contribution in [-0.2, 0) is 28.2 Å². The van der Waals surface area contributed by atoms with Crippen molar-refractivity contribution in [3.05, 3.63) is 77.6 Å². The first-order valence-corrected chi connectivity index (χ1v) is 11.2. The number of amides is 1. The number of carbonyl (C=O) groups is 1. The number of nitrogens with one attached hydrogen (secondary N) is 1. The lowest BCUT2D eigenvalue weighted by molar-refractivity contribution is -0.170. The third kappa shape index (κ3) is 4.06. The van der Waals surface area contributed by atoms with Crippen LogP contribution in [0.25, 0.3) is 0 Å². The number of ether oxygens (including phenoxy) is 1. The van der Waals surface area contributed by atoms with Gasteiger partial charge in [-0.05, 0) is 44.4 Å². The van der Waals surface area contributed by atoms with Gasteiger partial charge in [-0.3, -0.25) is 14.7 Å². The standard InChI is InChI=1S/C25H29N5O2/c1-18-5-7-20(8-6-18)16-29-13-9-25(10-14-29)24-27-12-15-30(24)17-22(32-25)23(31)28-21-4-3-11-26-19(21)2/h3-8,11-12,15,22H,9-10,13-14,16-17H2,1-2H3,(H,28,31)/t22-/m1/s1. The maximum Gasteiger partial charge on any atom is 0.255 e. The van der Waals surface area contributed by atoms with E-state index in [1.54, 1.807) is 6.20 Å². The molecule has 5 rings (SSSR count). The molecular formula is C25H29N5O2. The van der Waals surface area contributed by atoms with Gasteiger partial charge in [0.05, 0.1) is 17.9 Å². The van der Waals surface area contributed by atoms with E-state index in [1.807, 2.05) is 31.5 Å². The quantitative estimate of drug-likeness (QED) is 0.685. The van der Waals surface area contributed by atoms with E-state index < -0.39 is 11.7 Å². The molecule has 0 aliphatic carbocycles. The summed E-state index contributed by atoms with van der Waals surface area (Å²) in [6.07, 6.45) is 6.54. The van der Waals surface area contributed by atoms with Gasteiger partial charge >= 0.3 is 0 Å². The molecule has 0 unspecified atom stereocenters. The van der Waals surface area contributed by atoms with Crippen molar-refractivity contribution in [2.24, 2.45) is 0 Å². The van der Waals surface area contributed by atoms with Gasteiger partial charge in [0.1, 0.15) is 11.4 Å². The zero-order chi connectivity index (χ0) is 22.1. The van der Waals surface area contributed by atoms with Gasteiger partial charge in [-0.2, -0.15) is 0 Å². The van der Waals surface area contributed by atoms with Crippen molar-refractivity contribution in [3.63, 3.8) is 0 Å². The number of rotatable bonds is 4. The van der Waals surface area contributed by atoms with E-state index in [0.29, 0.717) is 6.54 Å². The smallest absolute Gasteiger partial charge is 0.255 e. The number of aromatic nitrogens is 3. The molecule has 32 heavy (non-hydrogen) atoms. The normalized spacial score (nSPS) is 20.1. The number of pyridine rings is 1. The van der Waals surface area contributed by atoms with Crippen LogP contribution in [0.1, 0.15) is 35.5 Å². The molecule has 2 aromatic heterocycles. The summed E-state index contributed by atoms with van der Waals surface area (Å²) in [6.45, 7) is 7.19. The van der Waals surface area contributed by atoms with E-state index in [2.05, 4.69) is 55.9 Å². The Morgan fingerprint density at radius 3 is 2.66 bits per heavy atom. The minimum Gasteiger partial charge on any atom is -0.352 e. The number of benzene rings is 1. The fourth-order valence-corrected chi connectivity index (χ4v) is 4.73. The third-order valence-corrected chi connectivity index (χ3v) is 6.60. The first-order chi connectivity index (χ1) is 15.5. The SMILES string of the molecule is Cc1ccc(CN2CCC3(CC2)O[C@@H](C(=O)Nc2cccnc2C)Cn2ccnc23)cc1. The predicted octanol–water partition coefficient (Wildman–Crippen LogP) is 3.42. The Morgan fingerprint density at radius 1 is 1.12 bits per heavy atom. The van der Waals surface area contributed by atoms with E-state index in [9.17, 15) is 4.79 Å². The Labute approximate surface area is 188 Å². The molecule has 4 heterocycles. The van der Waals surface area contributed by atoms with Gasteiger partial charge < -0.3 is 14.6 Å². The summed E-state index contributed by atoms with van der Waals surface area (Å²) < 4.78 is 8.63. The summed E-state index contributed by atoms with van der Waals surface area (Å²) in [5.74, 6) is 0.802. The second-order valence-electron chi connectivity index (χ2n) is 8.89. The molecule has 1 atom stereocenters. The largest absolute Gasteiger partial charge is 0.352 e. The summed E-state index contributed by atoms with van der Waals surface area (Å²) >= 11 is 0. The van der Waals surface area contributed by atoms with Gasteiger partial charge in [-0.25, -0.2) is 4.98 Å². The van der Waals surface area contributed by atoms with Crippen LogP contribution < -0.4 is 5.32 Å². The highest BCUT2D eigenvalue weighted by Gasteiger charge is 2.47. The second-order valence-corrected chi connectivity index (χ2v) is 8.89. The summed E-state index contributed by atoms with van der Waals surface area (Å²) in [5.41, 5.74) is 3.58. The summed E-state index contributed by atoms with van der Waals surface area (Å²) in [5, 5.41) is 3.00. The number of aryl methyl sites for hydroxylation is 2. The van der Waals surface area contributed by atoms with E-state index >= 15 is 0 Å². The fourth-order valence-electron chi connectivity index (χ4n) is 4.73. The number of hydrogen-bond donors (Lipinski definition) is 1. The van der Waals surface area contributed by atoms with E-state index in [4.69, 9.17) is 4.74 Å². The maximum absolute atomic E-state index is 13.1. The van der Waals surface area contributed by atoms with Gasteiger partial charge in [0.2, 0.25) is 0 Å². The zero-order valence-corrected chi connectivity index (χ0v) is 18.6. The van der Waals surface area contributed by atoms with Gasteiger partial charge in [0.25, 0.3) is 5.91 Å². The Balaban J connectivity index is 1.30. The monoisotopic (exact) mass is 431 g/mol. The summed E-state index contributed by atoms with van der Waals surface area (Å²) in [4.78, 5) is 24.4.